The van der Waals surface area contributed by atoms with Crippen molar-refractivity contribution in [1.29, 1.82) is 0 Å². The highest BCUT2D eigenvalue weighted by Gasteiger charge is 2.23. The summed E-state index contributed by atoms with van der Waals surface area (Å²) in [6.07, 6.45) is 3.75. The monoisotopic (exact) mass is 387 g/mol. The van der Waals surface area contributed by atoms with Crippen molar-refractivity contribution in [3.63, 3.8) is 0 Å². The lowest BCUT2D eigenvalue weighted by molar-refractivity contribution is 0.426. The molecule has 0 saturated carbocycles. The minimum atomic E-state index is -0.705. The van der Waals surface area contributed by atoms with E-state index >= 15 is 0 Å². The largest absolute Gasteiger partial charge is 0.505 e. The van der Waals surface area contributed by atoms with Gasteiger partial charge in [-0.2, -0.15) is 0 Å². The lowest BCUT2D eigenvalue weighted by atomic mass is 9.99. The highest BCUT2D eigenvalue weighted by molar-refractivity contribution is 6.30. The average Bonchev–Trinajstić information content (AvgIpc) is 3.14. The molecule has 0 fully saturated rings. The van der Waals surface area contributed by atoms with E-state index in [0.29, 0.717) is 23.7 Å². The molecule has 6 nitrogen and oxygen atoms in total. The molecule has 0 aliphatic heterocycles. The Balaban J connectivity index is 1.81. The number of pyridine rings is 1. The quantitative estimate of drug-likeness (QED) is 0.395. The average molecular weight is 387 g/mol. The molecule has 1 unspecified atom stereocenters. The summed E-state index contributed by atoms with van der Waals surface area (Å²) >= 11 is 0. The fourth-order valence-electron chi connectivity index (χ4n) is 3.36. The van der Waals surface area contributed by atoms with Crippen LogP contribution < -0.4 is 16.6 Å². The lowest BCUT2D eigenvalue weighted by Crippen LogP contribution is -2.17. The van der Waals surface area contributed by atoms with Gasteiger partial charge < -0.3 is 21.1 Å². The number of phenols is 1. The molecule has 0 aliphatic carbocycles. The minimum absolute atomic E-state index is 0.269. The maximum atomic E-state index is 14.9. The smallest absolute Gasteiger partial charge is 0.170 e. The number of hydrogen-bond acceptors (Lipinski definition) is 5. The van der Waals surface area contributed by atoms with E-state index in [0.717, 1.165) is 22.0 Å². The van der Waals surface area contributed by atoms with Crippen LogP contribution in [0.5, 0.6) is 5.75 Å². The zero-order valence-corrected chi connectivity index (χ0v) is 15.8. The Labute approximate surface area is 168 Å². The summed E-state index contributed by atoms with van der Waals surface area (Å²) in [4.78, 5) is 11.3. The van der Waals surface area contributed by atoms with Gasteiger partial charge in [0.15, 0.2) is 11.6 Å². The Kier molecular flexibility index (Phi) is 4.84. The highest BCUT2D eigenvalue weighted by atomic mass is 19.1. The van der Waals surface area contributed by atoms with Gasteiger partial charge in [-0.05, 0) is 53.3 Å². The van der Waals surface area contributed by atoms with Crippen molar-refractivity contribution >= 4 is 35.7 Å². The normalized spacial score (nSPS) is 12.2. The summed E-state index contributed by atoms with van der Waals surface area (Å²) in [7, 11) is 5.79. The Hall–Kier alpha value is -3.55. The van der Waals surface area contributed by atoms with E-state index in [1.54, 1.807) is 12.3 Å². The summed E-state index contributed by atoms with van der Waals surface area (Å²) in [5.41, 5.74) is 8.09. The maximum Gasteiger partial charge on any atom is 0.170 e. The van der Waals surface area contributed by atoms with E-state index in [-0.39, 0.29) is 5.56 Å². The third kappa shape index (κ3) is 3.61. The molecule has 2 heterocycles. The molecule has 1 atom stereocenters. The van der Waals surface area contributed by atoms with Gasteiger partial charge in [0, 0.05) is 29.0 Å². The maximum absolute atomic E-state index is 14.9. The molecule has 0 bridgehead atoms. The summed E-state index contributed by atoms with van der Waals surface area (Å²) < 4.78 is 14.9. The van der Waals surface area contributed by atoms with Crippen LogP contribution in [0, 0.1) is 5.82 Å². The number of aromatic hydroxyl groups is 1. The number of rotatable bonds is 5. The number of hydrogen-bond donors (Lipinski definition) is 4. The number of phenolic OH excluding ortho intramolecular Hbond substituents is 1. The van der Waals surface area contributed by atoms with Crippen molar-refractivity contribution in [1.82, 2.24) is 15.0 Å². The Morgan fingerprint density at radius 1 is 1.24 bits per heavy atom. The molecule has 2 radical (unpaired) electrons. The number of nitrogen functional groups attached to an aromatic ring is 1. The van der Waals surface area contributed by atoms with Gasteiger partial charge in [0.25, 0.3) is 0 Å². The molecule has 144 valence electrons. The summed E-state index contributed by atoms with van der Waals surface area (Å²) in [5.74, 6) is -0.230. The van der Waals surface area contributed by atoms with Crippen LogP contribution in [0.4, 0.5) is 15.9 Å². The van der Waals surface area contributed by atoms with Gasteiger partial charge in [0.05, 0.1) is 0 Å². The minimum Gasteiger partial charge on any atom is -0.505 e. The van der Waals surface area contributed by atoms with Crippen LogP contribution in [0.1, 0.15) is 29.9 Å². The van der Waals surface area contributed by atoms with Crippen molar-refractivity contribution in [2.24, 2.45) is 0 Å². The molecule has 0 spiro atoms. The number of nitrogens with zero attached hydrogens (tertiary/aromatic N) is 2. The van der Waals surface area contributed by atoms with Gasteiger partial charge in [-0.25, -0.2) is 14.4 Å². The molecule has 2 aromatic heterocycles. The third-order valence-electron chi connectivity index (χ3n) is 4.86. The predicted molar refractivity (Wildman–Crippen MR) is 113 cm³/mol. The SMILES string of the molecule is [B]c1cnc(C(Nc2ccc3c(N)nccc3c2)c2cc(CC)cc(O)c2F)[nH]1. The Morgan fingerprint density at radius 2 is 2.07 bits per heavy atom. The number of imidazole rings is 1. The van der Waals surface area contributed by atoms with Crippen molar-refractivity contribution in [2.45, 2.75) is 19.4 Å². The number of nitrogens with one attached hydrogen (secondary N) is 2. The Bertz CT molecular complexity index is 1190. The second-order valence-corrected chi connectivity index (χ2v) is 6.80. The van der Waals surface area contributed by atoms with Crippen LogP contribution in [0.3, 0.4) is 0 Å². The molecule has 4 aromatic rings. The number of aryl methyl sites for hydroxylation is 1. The van der Waals surface area contributed by atoms with Gasteiger partial charge in [-0.3, -0.25) is 0 Å². The number of aromatic nitrogens is 3. The molecule has 5 N–H and O–H groups in total. The molecule has 0 aliphatic rings. The second kappa shape index (κ2) is 7.46. The highest BCUT2D eigenvalue weighted by Crippen LogP contribution is 2.33. The first-order chi connectivity index (χ1) is 14.0. The molecule has 4 rings (SSSR count). The first kappa shape index (κ1) is 18.8. The summed E-state index contributed by atoms with van der Waals surface area (Å²) in [6.45, 7) is 1.94. The number of nitrogens with two attached hydrogens (primary N) is 1. The van der Waals surface area contributed by atoms with E-state index in [4.69, 9.17) is 13.6 Å². The topological polar surface area (TPSA) is 99.8 Å². The number of anilines is 2. The van der Waals surface area contributed by atoms with Crippen LogP contribution in [-0.4, -0.2) is 27.9 Å². The molecule has 8 heteroatoms. The van der Waals surface area contributed by atoms with E-state index in [1.165, 1.54) is 12.3 Å². The first-order valence-electron chi connectivity index (χ1n) is 9.18. The molecular formula is C21H19BFN5O. The standard InChI is InChI=1S/C21H19BFN5O/c1-2-11-7-15(18(23)16(29)8-11)19(21-26-10-17(22)28-21)27-13-3-4-14-12(9-13)5-6-25-20(14)24/h3-10,19,27,29H,2H2,1H3,(H2,24,25)(H,26,28). The number of fused-ring (bicyclic) bond motifs is 1. The third-order valence-corrected chi connectivity index (χ3v) is 4.86. The van der Waals surface area contributed by atoms with Gasteiger partial charge in [-0.1, -0.05) is 13.0 Å². The predicted octanol–water partition coefficient (Wildman–Crippen LogP) is 2.94. The zero-order valence-electron chi connectivity index (χ0n) is 15.8. The van der Waals surface area contributed by atoms with Crippen molar-refractivity contribution in [3.8, 4) is 5.75 Å². The van der Waals surface area contributed by atoms with Gasteiger partial charge in [0.2, 0.25) is 0 Å². The summed E-state index contributed by atoms with van der Waals surface area (Å²) in [6, 6.07) is 9.88. The molecule has 0 saturated heterocycles. The van der Waals surface area contributed by atoms with E-state index in [2.05, 4.69) is 20.3 Å². The zero-order chi connectivity index (χ0) is 20.5. The van der Waals surface area contributed by atoms with Crippen molar-refractivity contribution in [3.05, 3.63) is 71.6 Å². The van der Waals surface area contributed by atoms with Crippen LogP contribution in [-0.2, 0) is 6.42 Å². The number of aromatic amines is 1. The Morgan fingerprint density at radius 3 is 2.79 bits per heavy atom. The fraction of sp³-hybridized carbons (Fsp3) is 0.143. The number of halogens is 1. The van der Waals surface area contributed by atoms with E-state index in [9.17, 15) is 9.50 Å². The number of benzene rings is 2. The van der Waals surface area contributed by atoms with E-state index < -0.39 is 17.6 Å². The van der Waals surface area contributed by atoms with Crippen LogP contribution in [0.25, 0.3) is 10.8 Å². The van der Waals surface area contributed by atoms with Crippen molar-refractivity contribution in [2.75, 3.05) is 11.1 Å². The van der Waals surface area contributed by atoms with Crippen molar-refractivity contribution < 1.29 is 9.50 Å². The van der Waals surface area contributed by atoms with Gasteiger partial charge >= 0.3 is 0 Å². The molecule has 29 heavy (non-hydrogen) atoms. The summed E-state index contributed by atoms with van der Waals surface area (Å²) in [5, 5.41) is 15.1. The van der Waals surface area contributed by atoms with Gasteiger partial charge in [-0.15, -0.1) is 0 Å². The fourth-order valence-corrected chi connectivity index (χ4v) is 3.36. The molecular weight excluding hydrogens is 368 g/mol. The van der Waals surface area contributed by atoms with Gasteiger partial charge in [0.1, 0.15) is 25.5 Å². The van der Waals surface area contributed by atoms with Crippen LogP contribution in [0.15, 0.2) is 48.8 Å². The van der Waals surface area contributed by atoms with Crippen LogP contribution in [0.2, 0.25) is 0 Å². The first-order valence-corrected chi connectivity index (χ1v) is 9.18. The molecule has 2 aromatic carbocycles. The second-order valence-electron chi connectivity index (χ2n) is 6.80. The lowest BCUT2D eigenvalue weighted by Gasteiger charge is -2.21. The molecule has 0 amide bonds. The van der Waals surface area contributed by atoms with E-state index in [1.807, 2.05) is 31.2 Å². The number of H-pyrrole nitrogens is 1. The van der Waals surface area contributed by atoms with Crippen LogP contribution >= 0.6 is 0 Å².